The average Bonchev–Trinajstić information content (AvgIpc) is 2.60. The second-order valence-corrected chi connectivity index (χ2v) is 7.11. The van der Waals surface area contributed by atoms with Crippen molar-refractivity contribution < 1.29 is 24.1 Å². The van der Waals surface area contributed by atoms with Crippen LogP contribution < -0.4 is 15.1 Å². The summed E-state index contributed by atoms with van der Waals surface area (Å²) >= 11 is 0. The first kappa shape index (κ1) is 17.7. The number of carbonyl (C=O) groups is 1. The molecular formula is C18H20FN3O5. The molecule has 2 aromatic rings. The number of piperazine rings is 1. The molecule has 0 aliphatic carbocycles. The molecule has 1 unspecified atom stereocenters. The van der Waals surface area contributed by atoms with Gasteiger partial charge in [0.2, 0.25) is 5.43 Å². The molecule has 1 aromatic carbocycles. The standard InChI is InChI=1S/C18H20FN3O5/c1-9-8-27-17-14-10(16(24)11(18(25)26)6-22(9)14)5-12(19)15(17)21-4-3-20(2)7-13(21)23/h5-6,9,13,23H,3-4,7-8H2,1-2H3,(H,25,26)/t9-,13?/m0/s1. The van der Waals surface area contributed by atoms with Gasteiger partial charge in [-0.05, 0) is 20.0 Å². The first-order valence-electron chi connectivity index (χ1n) is 8.70. The molecule has 2 atom stereocenters. The molecule has 0 saturated carbocycles. The van der Waals surface area contributed by atoms with Gasteiger partial charge in [-0.3, -0.25) is 4.79 Å². The molecule has 8 nitrogen and oxygen atoms in total. The van der Waals surface area contributed by atoms with Crippen LogP contribution in [0.15, 0.2) is 17.1 Å². The molecule has 1 saturated heterocycles. The quantitative estimate of drug-likeness (QED) is 0.802. The topological polar surface area (TPSA) is 95.2 Å². The van der Waals surface area contributed by atoms with Crippen molar-refractivity contribution in [2.45, 2.75) is 19.2 Å². The fourth-order valence-electron chi connectivity index (χ4n) is 3.79. The molecule has 2 aliphatic rings. The normalized spacial score (nSPS) is 22.7. The van der Waals surface area contributed by atoms with Crippen molar-refractivity contribution in [3.05, 3.63) is 33.9 Å². The van der Waals surface area contributed by atoms with Crippen molar-refractivity contribution in [1.82, 2.24) is 9.47 Å². The van der Waals surface area contributed by atoms with E-state index in [0.717, 1.165) is 6.07 Å². The lowest BCUT2D eigenvalue weighted by atomic mass is 10.1. The van der Waals surface area contributed by atoms with Crippen LogP contribution in [0.1, 0.15) is 23.3 Å². The van der Waals surface area contributed by atoms with Crippen molar-refractivity contribution in [3.63, 3.8) is 0 Å². The highest BCUT2D eigenvalue weighted by molar-refractivity contribution is 5.97. The molecule has 3 heterocycles. The molecule has 0 spiro atoms. The number of benzene rings is 1. The summed E-state index contributed by atoms with van der Waals surface area (Å²) in [7, 11) is 1.87. The van der Waals surface area contributed by atoms with Gasteiger partial charge in [0.15, 0.2) is 11.6 Å². The Morgan fingerprint density at radius 1 is 1.37 bits per heavy atom. The van der Waals surface area contributed by atoms with E-state index >= 15 is 4.39 Å². The van der Waals surface area contributed by atoms with Gasteiger partial charge in [0.1, 0.15) is 24.1 Å². The molecule has 1 aromatic heterocycles. The van der Waals surface area contributed by atoms with Gasteiger partial charge >= 0.3 is 5.97 Å². The number of hydrogen-bond donors (Lipinski definition) is 2. The second kappa shape index (κ2) is 6.21. The summed E-state index contributed by atoms with van der Waals surface area (Å²) in [5, 5.41) is 19.7. The Balaban J connectivity index is 2.02. The van der Waals surface area contributed by atoms with Crippen LogP contribution in [0.5, 0.6) is 5.75 Å². The molecule has 1 fully saturated rings. The molecule has 2 N–H and O–H groups in total. The summed E-state index contributed by atoms with van der Waals surface area (Å²) in [4.78, 5) is 27.5. The Morgan fingerprint density at radius 3 is 2.78 bits per heavy atom. The molecule has 144 valence electrons. The number of carboxylic acids is 1. The molecule has 0 amide bonds. The number of nitrogens with zero attached hydrogens (tertiary/aromatic N) is 3. The number of pyridine rings is 1. The van der Waals surface area contributed by atoms with E-state index in [9.17, 15) is 19.8 Å². The fourth-order valence-corrected chi connectivity index (χ4v) is 3.79. The number of aromatic carboxylic acids is 1. The Morgan fingerprint density at radius 2 is 2.11 bits per heavy atom. The molecule has 9 heteroatoms. The number of anilines is 1. The number of β-amino-alcohol motifs (C(OH)–C–C–N with tert-alkyl or cyclic N) is 1. The van der Waals surface area contributed by atoms with Crippen LogP contribution in [-0.4, -0.2) is 65.2 Å². The molecule has 2 aliphatic heterocycles. The summed E-state index contributed by atoms with van der Waals surface area (Å²) in [6.45, 7) is 3.40. The average molecular weight is 377 g/mol. The number of aromatic nitrogens is 1. The highest BCUT2D eigenvalue weighted by Crippen LogP contribution is 2.42. The van der Waals surface area contributed by atoms with Gasteiger partial charge in [-0.25, -0.2) is 9.18 Å². The summed E-state index contributed by atoms with van der Waals surface area (Å²) < 4.78 is 22.5. The van der Waals surface area contributed by atoms with Crippen molar-refractivity contribution >= 4 is 22.6 Å². The second-order valence-electron chi connectivity index (χ2n) is 7.11. The Bertz CT molecular complexity index is 1000. The van der Waals surface area contributed by atoms with E-state index in [2.05, 4.69) is 0 Å². The number of rotatable bonds is 2. The van der Waals surface area contributed by atoms with E-state index in [4.69, 9.17) is 4.74 Å². The number of halogens is 1. The van der Waals surface area contributed by atoms with E-state index in [1.807, 2.05) is 18.9 Å². The molecule has 27 heavy (non-hydrogen) atoms. The lowest BCUT2D eigenvalue weighted by molar-refractivity contribution is 0.0694. The number of carboxylic acid groups (broad SMARTS) is 1. The van der Waals surface area contributed by atoms with Crippen LogP contribution in [0.3, 0.4) is 0 Å². The van der Waals surface area contributed by atoms with Crippen LogP contribution >= 0.6 is 0 Å². The Labute approximate surface area is 154 Å². The lowest BCUT2D eigenvalue weighted by Crippen LogP contribution is -2.52. The minimum Gasteiger partial charge on any atom is -0.487 e. The molecule has 4 rings (SSSR count). The van der Waals surface area contributed by atoms with Gasteiger partial charge < -0.3 is 29.3 Å². The predicted molar refractivity (Wildman–Crippen MR) is 96.2 cm³/mol. The van der Waals surface area contributed by atoms with Crippen LogP contribution in [-0.2, 0) is 0 Å². The third-order valence-corrected chi connectivity index (χ3v) is 5.22. The zero-order valence-electron chi connectivity index (χ0n) is 15.0. The first-order valence-corrected chi connectivity index (χ1v) is 8.70. The third-order valence-electron chi connectivity index (χ3n) is 5.22. The van der Waals surface area contributed by atoms with E-state index in [-0.39, 0.29) is 29.5 Å². The first-order chi connectivity index (χ1) is 12.8. The smallest absolute Gasteiger partial charge is 0.341 e. The zero-order valence-corrected chi connectivity index (χ0v) is 15.0. The minimum absolute atomic E-state index is 0.0404. The molecule has 0 bridgehead atoms. The highest BCUT2D eigenvalue weighted by atomic mass is 19.1. The summed E-state index contributed by atoms with van der Waals surface area (Å²) in [6.07, 6.45) is 0.361. The minimum atomic E-state index is -1.36. The Kier molecular flexibility index (Phi) is 4.08. The van der Waals surface area contributed by atoms with Crippen molar-refractivity contribution in [2.75, 3.05) is 38.2 Å². The van der Waals surface area contributed by atoms with E-state index in [1.165, 1.54) is 11.1 Å². The third kappa shape index (κ3) is 2.65. The maximum atomic E-state index is 15.0. The van der Waals surface area contributed by atoms with Crippen molar-refractivity contribution in [1.29, 1.82) is 0 Å². The van der Waals surface area contributed by atoms with Crippen LogP contribution in [0.4, 0.5) is 10.1 Å². The van der Waals surface area contributed by atoms with Crippen molar-refractivity contribution in [2.24, 2.45) is 0 Å². The SMILES string of the molecule is C[C@H]1COc2c(N3CCN(C)CC3O)c(F)cc3c(=O)c(C(=O)O)cn1c23. The Hall–Kier alpha value is -2.65. The maximum Gasteiger partial charge on any atom is 0.341 e. The van der Waals surface area contributed by atoms with E-state index in [0.29, 0.717) is 25.2 Å². The predicted octanol–water partition coefficient (Wildman–Crippen LogP) is 0.862. The number of aliphatic hydroxyl groups is 1. The molecule has 0 radical (unpaired) electrons. The zero-order chi connectivity index (χ0) is 19.5. The monoisotopic (exact) mass is 377 g/mol. The largest absolute Gasteiger partial charge is 0.487 e. The molecular weight excluding hydrogens is 357 g/mol. The van der Waals surface area contributed by atoms with Crippen molar-refractivity contribution in [3.8, 4) is 5.75 Å². The van der Waals surface area contributed by atoms with Gasteiger partial charge in [-0.2, -0.15) is 0 Å². The van der Waals surface area contributed by atoms with Gasteiger partial charge in [0, 0.05) is 25.8 Å². The fraction of sp³-hybridized carbons (Fsp3) is 0.444. The van der Waals surface area contributed by atoms with E-state index in [1.54, 1.807) is 4.57 Å². The van der Waals surface area contributed by atoms with Gasteiger partial charge in [0.05, 0.1) is 16.9 Å². The summed E-state index contributed by atoms with van der Waals surface area (Å²) in [5.41, 5.74) is -0.705. The number of ether oxygens (including phenoxy) is 1. The number of likely N-dealkylation sites (N-methyl/N-ethyl adjacent to an activating group) is 1. The van der Waals surface area contributed by atoms with Crippen LogP contribution in [0.2, 0.25) is 0 Å². The van der Waals surface area contributed by atoms with Gasteiger partial charge in [-0.1, -0.05) is 0 Å². The van der Waals surface area contributed by atoms with Crippen LogP contribution in [0, 0.1) is 5.82 Å². The van der Waals surface area contributed by atoms with Gasteiger partial charge in [-0.15, -0.1) is 0 Å². The number of aliphatic hydroxyl groups excluding tert-OH is 1. The van der Waals surface area contributed by atoms with Crippen LogP contribution in [0.25, 0.3) is 10.9 Å². The maximum absolute atomic E-state index is 15.0. The highest BCUT2D eigenvalue weighted by Gasteiger charge is 2.33. The summed E-state index contributed by atoms with van der Waals surface area (Å²) in [5.74, 6) is -1.91. The number of hydrogen-bond acceptors (Lipinski definition) is 6. The summed E-state index contributed by atoms with van der Waals surface area (Å²) in [6, 6.07) is 0.820. The lowest BCUT2D eigenvalue weighted by Gasteiger charge is -2.40. The van der Waals surface area contributed by atoms with E-state index < -0.39 is 29.0 Å². The van der Waals surface area contributed by atoms with Gasteiger partial charge in [0.25, 0.3) is 0 Å².